The summed E-state index contributed by atoms with van der Waals surface area (Å²) in [4.78, 5) is 41.1. The number of carbonyl (C=O) groups is 1. The number of carbonyl (C=O) groups excluding carboxylic acids is 1. The van der Waals surface area contributed by atoms with Crippen LogP contribution in [0.4, 0.5) is 14.7 Å². The second-order valence-corrected chi connectivity index (χ2v) is 13.1. The molecule has 0 aliphatic carbocycles. The van der Waals surface area contributed by atoms with Gasteiger partial charge < -0.3 is 15.1 Å². The topological polar surface area (TPSA) is 83.4 Å². The molecule has 2 aromatic carbocycles. The van der Waals surface area contributed by atoms with Crippen LogP contribution in [0.2, 0.25) is 0 Å². The van der Waals surface area contributed by atoms with E-state index >= 15 is 8.78 Å². The number of unbranched alkanes of at least 4 members (excludes halogenated alkanes) is 2. The Morgan fingerprint density at radius 3 is 2.29 bits per heavy atom. The monoisotopic (exact) mass is 672 g/mol. The van der Waals surface area contributed by atoms with Crippen LogP contribution >= 0.6 is 0 Å². The van der Waals surface area contributed by atoms with Crippen molar-refractivity contribution in [1.82, 2.24) is 24.8 Å². The van der Waals surface area contributed by atoms with Gasteiger partial charge in [0.15, 0.2) is 5.65 Å². The quantitative estimate of drug-likeness (QED) is 0.184. The van der Waals surface area contributed by atoms with Gasteiger partial charge in [0.05, 0.1) is 5.69 Å². The van der Waals surface area contributed by atoms with Gasteiger partial charge in [0.2, 0.25) is 5.95 Å². The van der Waals surface area contributed by atoms with Crippen molar-refractivity contribution in [2.75, 3.05) is 37.6 Å². The number of aromatic nitrogens is 3. The molecular weight excluding hydrogens is 622 g/mol. The number of halogens is 2. The van der Waals surface area contributed by atoms with Crippen LogP contribution in [0.3, 0.4) is 0 Å². The van der Waals surface area contributed by atoms with Crippen LogP contribution in [0.15, 0.2) is 53.3 Å². The molecule has 1 amide bonds. The van der Waals surface area contributed by atoms with Gasteiger partial charge in [-0.25, -0.2) is 13.8 Å². The fourth-order valence-corrected chi connectivity index (χ4v) is 6.89. The number of pyridine rings is 1. The molecule has 49 heavy (non-hydrogen) atoms. The van der Waals surface area contributed by atoms with E-state index in [4.69, 9.17) is 9.97 Å². The second kappa shape index (κ2) is 16.5. The summed E-state index contributed by atoms with van der Waals surface area (Å²) in [5.41, 5.74) is 1.58. The summed E-state index contributed by atoms with van der Waals surface area (Å²) in [5.74, 6) is -0.753. The smallest absolute Gasteiger partial charge is 0.256 e. The number of anilines is 1. The van der Waals surface area contributed by atoms with Gasteiger partial charge >= 0.3 is 0 Å². The number of hydrogen-bond donors (Lipinski definition) is 1. The van der Waals surface area contributed by atoms with Gasteiger partial charge in [-0.2, -0.15) is 4.98 Å². The molecule has 10 heteroatoms. The summed E-state index contributed by atoms with van der Waals surface area (Å²) in [6.45, 7) is 14.6. The summed E-state index contributed by atoms with van der Waals surface area (Å²) < 4.78 is 31.5. The number of nitrogens with one attached hydrogen (secondary N) is 1. The fourth-order valence-electron chi connectivity index (χ4n) is 6.89. The minimum absolute atomic E-state index is 0.113. The number of aryl methyl sites for hydroxylation is 1. The number of hydrogen-bond acceptors (Lipinski definition) is 6. The van der Waals surface area contributed by atoms with Gasteiger partial charge in [0.25, 0.3) is 11.5 Å². The number of fused-ring (bicyclic) bond motifs is 1. The van der Waals surface area contributed by atoms with E-state index in [9.17, 15) is 9.59 Å². The molecule has 262 valence electrons. The van der Waals surface area contributed by atoms with E-state index in [1.165, 1.54) is 25.0 Å². The van der Waals surface area contributed by atoms with Gasteiger partial charge in [0.1, 0.15) is 17.3 Å². The molecule has 0 spiro atoms. The number of rotatable bonds is 9. The molecule has 2 aliphatic rings. The maximum Gasteiger partial charge on any atom is 0.256 e. The molecule has 0 atom stereocenters. The van der Waals surface area contributed by atoms with Crippen molar-refractivity contribution in [3.63, 3.8) is 0 Å². The molecular formula is C39H50F2N6O2. The highest BCUT2D eigenvalue weighted by Crippen LogP contribution is 2.33. The third-order valence-corrected chi connectivity index (χ3v) is 9.80. The van der Waals surface area contributed by atoms with Crippen LogP contribution in [0.25, 0.3) is 28.0 Å². The molecule has 0 radical (unpaired) electrons. The van der Waals surface area contributed by atoms with Crippen LogP contribution in [0.5, 0.6) is 0 Å². The van der Waals surface area contributed by atoms with E-state index in [1.807, 2.05) is 26.8 Å². The van der Waals surface area contributed by atoms with E-state index in [0.717, 1.165) is 73.4 Å². The molecule has 2 aromatic heterocycles. The van der Waals surface area contributed by atoms with Crippen LogP contribution in [0.1, 0.15) is 88.6 Å². The molecule has 1 N–H and O–H groups in total. The van der Waals surface area contributed by atoms with Crippen molar-refractivity contribution >= 4 is 22.9 Å². The Balaban J connectivity index is 0.00000230. The molecule has 4 aromatic rings. The molecule has 4 heterocycles. The molecule has 2 aliphatic heterocycles. The number of para-hydroxylation sites is 1. The lowest BCUT2D eigenvalue weighted by atomic mass is 9.95. The number of benzene rings is 2. The Hall–Kier alpha value is -4.18. The Labute approximate surface area is 288 Å². The molecule has 0 bridgehead atoms. The SMILES string of the molecule is CC.CCCCCNC(=O)c1ccc(C)c(-c2nc(N3CCC(N4CCC(C)CC4)CC3)nc3c2ccc(=O)n3-c2c(F)cccc2F)c1. The van der Waals surface area contributed by atoms with Crippen LogP contribution in [-0.4, -0.2) is 64.1 Å². The normalized spacial score (nSPS) is 16.0. The Morgan fingerprint density at radius 1 is 0.918 bits per heavy atom. The summed E-state index contributed by atoms with van der Waals surface area (Å²) in [6, 6.07) is 12.4. The molecule has 8 nitrogen and oxygen atoms in total. The maximum absolute atomic E-state index is 15.2. The standard InChI is InChI=1S/C37H44F2N6O2.C2H6/c1-4-5-6-18-40-36(47)26-11-10-25(3)29(23-26)33-28-12-13-32(46)45(34-30(38)8-7-9-31(34)39)35(28)42-37(41-33)44-21-16-27(17-22-44)43-19-14-24(2)15-20-43;1-2/h7-13,23-24,27H,4-6,14-22H2,1-3H3,(H,40,47);1-2H3. The lowest BCUT2D eigenvalue weighted by molar-refractivity contribution is 0.0953. The zero-order chi connectivity index (χ0) is 35.1. The van der Waals surface area contributed by atoms with Crippen molar-refractivity contribution < 1.29 is 13.6 Å². The predicted molar refractivity (Wildman–Crippen MR) is 194 cm³/mol. The predicted octanol–water partition coefficient (Wildman–Crippen LogP) is 7.68. The highest BCUT2D eigenvalue weighted by Gasteiger charge is 2.29. The highest BCUT2D eigenvalue weighted by molar-refractivity contribution is 5.98. The fraction of sp³-hybridized carbons (Fsp3) is 0.487. The Bertz CT molecular complexity index is 1790. The van der Waals surface area contributed by atoms with E-state index in [1.54, 1.807) is 18.2 Å². The summed E-state index contributed by atoms with van der Waals surface area (Å²) >= 11 is 0. The number of likely N-dealkylation sites (tertiary alicyclic amines) is 1. The molecule has 0 saturated carbocycles. The van der Waals surface area contributed by atoms with Crippen molar-refractivity contribution in [1.29, 1.82) is 0 Å². The summed E-state index contributed by atoms with van der Waals surface area (Å²) in [5, 5.41) is 3.46. The Morgan fingerprint density at radius 2 is 1.61 bits per heavy atom. The van der Waals surface area contributed by atoms with Gasteiger partial charge in [0, 0.05) is 48.3 Å². The van der Waals surface area contributed by atoms with Gasteiger partial charge in [-0.05, 0) is 93.9 Å². The zero-order valence-electron chi connectivity index (χ0n) is 29.6. The van der Waals surface area contributed by atoms with Crippen LogP contribution < -0.4 is 15.8 Å². The third-order valence-electron chi connectivity index (χ3n) is 9.80. The number of nitrogens with zero attached hydrogens (tertiary/aromatic N) is 5. The Kier molecular flexibility index (Phi) is 12.1. The first-order valence-corrected chi connectivity index (χ1v) is 18.0. The lowest BCUT2D eigenvalue weighted by Crippen LogP contribution is -2.48. The average molecular weight is 673 g/mol. The molecule has 6 rings (SSSR count). The first kappa shape index (κ1) is 36.1. The minimum Gasteiger partial charge on any atom is -0.352 e. The third kappa shape index (κ3) is 8.01. The average Bonchev–Trinajstić information content (AvgIpc) is 3.12. The van der Waals surface area contributed by atoms with Gasteiger partial charge in [-0.15, -0.1) is 0 Å². The first-order valence-electron chi connectivity index (χ1n) is 18.0. The van der Waals surface area contributed by atoms with Crippen LogP contribution in [0, 0.1) is 24.5 Å². The van der Waals surface area contributed by atoms with Crippen molar-refractivity contribution in [2.45, 2.75) is 85.6 Å². The molecule has 0 unspecified atom stereocenters. The zero-order valence-corrected chi connectivity index (χ0v) is 29.6. The second-order valence-electron chi connectivity index (χ2n) is 13.1. The number of piperidine rings is 2. The van der Waals surface area contributed by atoms with E-state index in [-0.39, 0.29) is 11.6 Å². The van der Waals surface area contributed by atoms with Crippen LogP contribution in [-0.2, 0) is 0 Å². The van der Waals surface area contributed by atoms with E-state index in [2.05, 4.69) is 29.0 Å². The van der Waals surface area contributed by atoms with Gasteiger partial charge in [-0.3, -0.25) is 14.2 Å². The van der Waals surface area contributed by atoms with E-state index in [0.29, 0.717) is 53.8 Å². The highest BCUT2D eigenvalue weighted by atomic mass is 19.1. The largest absolute Gasteiger partial charge is 0.352 e. The molecule has 2 fully saturated rings. The van der Waals surface area contributed by atoms with Gasteiger partial charge in [-0.1, -0.05) is 52.7 Å². The van der Waals surface area contributed by atoms with Crippen molar-refractivity contribution in [2.24, 2.45) is 5.92 Å². The summed E-state index contributed by atoms with van der Waals surface area (Å²) in [7, 11) is 0. The maximum atomic E-state index is 15.2. The minimum atomic E-state index is -0.865. The van der Waals surface area contributed by atoms with Crippen molar-refractivity contribution in [3.05, 3.63) is 81.6 Å². The van der Waals surface area contributed by atoms with Crippen molar-refractivity contribution in [3.8, 4) is 16.9 Å². The lowest BCUT2D eigenvalue weighted by Gasteiger charge is -2.41. The molecule has 2 saturated heterocycles. The first-order chi connectivity index (χ1) is 23.7. The number of amides is 1. The summed E-state index contributed by atoms with van der Waals surface area (Å²) in [6.07, 6.45) is 7.33. The van der Waals surface area contributed by atoms with E-state index < -0.39 is 22.9 Å².